The molecule has 1 atom stereocenters. The number of nitrogens with zero attached hydrogens (tertiary/aromatic N) is 3. The Morgan fingerprint density at radius 3 is 2.89 bits per heavy atom. The molecule has 1 aliphatic rings. The number of aromatic amines is 1. The Morgan fingerprint density at radius 1 is 1.22 bits per heavy atom. The van der Waals surface area contributed by atoms with Crippen LogP contribution in [0.3, 0.4) is 0 Å². The van der Waals surface area contributed by atoms with Crippen LogP contribution in [0.1, 0.15) is 18.5 Å². The van der Waals surface area contributed by atoms with Gasteiger partial charge in [0.25, 0.3) is 0 Å². The summed E-state index contributed by atoms with van der Waals surface area (Å²) in [6.45, 7) is 2.26. The number of hydrogen-bond donors (Lipinski definition) is 2. The second-order valence-electron chi connectivity index (χ2n) is 4.80. The summed E-state index contributed by atoms with van der Waals surface area (Å²) in [5, 5.41) is 10.1. The van der Waals surface area contributed by atoms with Gasteiger partial charge in [-0.2, -0.15) is 5.10 Å². The maximum Gasteiger partial charge on any atom is 0.0916 e. The minimum absolute atomic E-state index is 0.702. The lowest BCUT2D eigenvalue weighted by Gasteiger charge is -2.22. The fourth-order valence-electron chi connectivity index (χ4n) is 2.39. The zero-order valence-corrected chi connectivity index (χ0v) is 10.3. The molecule has 18 heavy (non-hydrogen) atoms. The van der Waals surface area contributed by atoms with Crippen LogP contribution in [0.15, 0.2) is 24.8 Å². The molecule has 0 bridgehead atoms. The zero-order valence-electron chi connectivity index (χ0n) is 10.3. The third kappa shape index (κ3) is 2.56. The first-order valence-corrected chi connectivity index (χ1v) is 6.42. The normalized spacial score (nSPS) is 19.9. The van der Waals surface area contributed by atoms with Gasteiger partial charge in [-0.05, 0) is 38.3 Å². The number of nitrogens with one attached hydrogen (secondary N) is 2. The quantitative estimate of drug-likeness (QED) is 0.855. The number of rotatable bonds is 3. The molecule has 0 amide bonds. The predicted molar refractivity (Wildman–Crippen MR) is 68.9 cm³/mol. The molecule has 0 spiro atoms. The van der Waals surface area contributed by atoms with Crippen LogP contribution in [0.2, 0.25) is 0 Å². The SMILES string of the molecule is c1n[nH]cc1-c1cnc(C[C@@H]2CCCNC2)cn1. The molecular formula is C13H17N5. The van der Waals surface area contributed by atoms with Crippen molar-refractivity contribution in [3.05, 3.63) is 30.5 Å². The summed E-state index contributed by atoms with van der Waals surface area (Å²) in [5.41, 5.74) is 2.93. The summed E-state index contributed by atoms with van der Waals surface area (Å²) < 4.78 is 0. The Morgan fingerprint density at radius 2 is 2.22 bits per heavy atom. The highest BCUT2D eigenvalue weighted by molar-refractivity contribution is 5.55. The summed E-state index contributed by atoms with van der Waals surface area (Å²) in [6, 6.07) is 0. The Balaban J connectivity index is 1.67. The Kier molecular flexibility index (Phi) is 3.32. The van der Waals surface area contributed by atoms with E-state index in [9.17, 15) is 0 Å². The second-order valence-corrected chi connectivity index (χ2v) is 4.80. The molecule has 3 heterocycles. The fraction of sp³-hybridized carbons (Fsp3) is 0.462. The number of H-pyrrole nitrogens is 1. The first-order chi connectivity index (χ1) is 8.92. The van der Waals surface area contributed by atoms with E-state index in [-0.39, 0.29) is 0 Å². The maximum absolute atomic E-state index is 4.50. The van der Waals surface area contributed by atoms with Crippen LogP contribution in [0, 0.1) is 5.92 Å². The van der Waals surface area contributed by atoms with E-state index in [1.54, 1.807) is 6.20 Å². The van der Waals surface area contributed by atoms with Gasteiger partial charge in [-0.3, -0.25) is 15.1 Å². The monoisotopic (exact) mass is 243 g/mol. The molecule has 1 fully saturated rings. The van der Waals surface area contributed by atoms with Crippen molar-refractivity contribution in [2.75, 3.05) is 13.1 Å². The van der Waals surface area contributed by atoms with E-state index in [4.69, 9.17) is 0 Å². The molecule has 0 saturated carbocycles. The highest BCUT2D eigenvalue weighted by Crippen LogP contribution is 2.17. The van der Waals surface area contributed by atoms with Crippen molar-refractivity contribution in [3.63, 3.8) is 0 Å². The molecule has 0 aliphatic carbocycles. The Hall–Kier alpha value is -1.75. The molecule has 0 unspecified atom stereocenters. The maximum atomic E-state index is 4.50. The minimum Gasteiger partial charge on any atom is -0.316 e. The van der Waals surface area contributed by atoms with E-state index in [0.29, 0.717) is 5.92 Å². The third-order valence-corrected chi connectivity index (χ3v) is 3.40. The van der Waals surface area contributed by atoms with Gasteiger partial charge in [0.2, 0.25) is 0 Å². The van der Waals surface area contributed by atoms with Crippen LogP contribution in [0.25, 0.3) is 11.3 Å². The molecule has 1 aliphatic heterocycles. The van der Waals surface area contributed by atoms with Crippen molar-refractivity contribution in [1.29, 1.82) is 0 Å². The van der Waals surface area contributed by atoms with Crippen LogP contribution in [0.5, 0.6) is 0 Å². The van der Waals surface area contributed by atoms with E-state index in [2.05, 4.69) is 25.5 Å². The first kappa shape index (κ1) is 11.3. The summed E-state index contributed by atoms with van der Waals surface area (Å²) in [5.74, 6) is 0.702. The molecule has 5 heteroatoms. The number of piperidine rings is 1. The van der Waals surface area contributed by atoms with Gasteiger partial charge in [0.1, 0.15) is 0 Å². The van der Waals surface area contributed by atoms with E-state index in [1.807, 2.05) is 18.6 Å². The number of aromatic nitrogens is 4. The Bertz CT molecular complexity index is 471. The lowest BCUT2D eigenvalue weighted by atomic mass is 9.95. The van der Waals surface area contributed by atoms with Gasteiger partial charge in [0, 0.05) is 18.0 Å². The summed E-state index contributed by atoms with van der Waals surface area (Å²) in [7, 11) is 0. The molecular weight excluding hydrogens is 226 g/mol. The second kappa shape index (κ2) is 5.27. The van der Waals surface area contributed by atoms with E-state index in [1.165, 1.54) is 12.8 Å². The molecule has 5 nitrogen and oxygen atoms in total. The molecule has 94 valence electrons. The van der Waals surface area contributed by atoms with Crippen molar-refractivity contribution in [2.45, 2.75) is 19.3 Å². The summed E-state index contributed by atoms with van der Waals surface area (Å²) in [4.78, 5) is 8.94. The predicted octanol–water partition coefficient (Wildman–Crippen LogP) is 1.41. The smallest absolute Gasteiger partial charge is 0.0916 e. The molecule has 3 rings (SSSR count). The van der Waals surface area contributed by atoms with Gasteiger partial charge in [0.15, 0.2) is 0 Å². The lowest BCUT2D eigenvalue weighted by Crippen LogP contribution is -2.31. The van der Waals surface area contributed by atoms with Gasteiger partial charge in [-0.15, -0.1) is 0 Å². The van der Waals surface area contributed by atoms with Crippen molar-refractivity contribution < 1.29 is 0 Å². The third-order valence-electron chi connectivity index (χ3n) is 3.40. The summed E-state index contributed by atoms with van der Waals surface area (Å²) in [6.07, 6.45) is 10.9. The lowest BCUT2D eigenvalue weighted by molar-refractivity contribution is 0.373. The van der Waals surface area contributed by atoms with E-state index in [0.717, 1.165) is 36.5 Å². The molecule has 2 aromatic heterocycles. The molecule has 2 aromatic rings. The molecule has 2 N–H and O–H groups in total. The largest absolute Gasteiger partial charge is 0.316 e. The van der Waals surface area contributed by atoms with E-state index >= 15 is 0 Å². The molecule has 1 saturated heterocycles. The van der Waals surface area contributed by atoms with Crippen LogP contribution in [-0.2, 0) is 6.42 Å². The molecule has 0 aromatic carbocycles. The zero-order chi connectivity index (χ0) is 12.2. The standard InChI is InChI=1S/C13H17N5/c1-2-10(5-14-3-1)4-12-8-16-13(9-15-12)11-6-17-18-7-11/h6-10,14H,1-5H2,(H,17,18)/t10-/m0/s1. The van der Waals surface area contributed by atoms with Crippen LogP contribution < -0.4 is 5.32 Å². The van der Waals surface area contributed by atoms with Crippen LogP contribution in [-0.4, -0.2) is 33.3 Å². The average molecular weight is 243 g/mol. The highest BCUT2D eigenvalue weighted by Gasteiger charge is 2.14. The van der Waals surface area contributed by atoms with Crippen molar-refractivity contribution in [2.24, 2.45) is 5.92 Å². The van der Waals surface area contributed by atoms with Gasteiger partial charge in [-0.25, -0.2) is 0 Å². The topological polar surface area (TPSA) is 66.5 Å². The van der Waals surface area contributed by atoms with E-state index < -0.39 is 0 Å². The molecule has 0 radical (unpaired) electrons. The van der Waals surface area contributed by atoms with Crippen molar-refractivity contribution in [1.82, 2.24) is 25.5 Å². The van der Waals surface area contributed by atoms with Gasteiger partial charge >= 0.3 is 0 Å². The first-order valence-electron chi connectivity index (χ1n) is 6.42. The van der Waals surface area contributed by atoms with Gasteiger partial charge in [-0.1, -0.05) is 0 Å². The van der Waals surface area contributed by atoms with Gasteiger partial charge < -0.3 is 5.32 Å². The fourth-order valence-corrected chi connectivity index (χ4v) is 2.39. The summed E-state index contributed by atoms with van der Waals surface area (Å²) >= 11 is 0. The number of hydrogen-bond acceptors (Lipinski definition) is 4. The van der Waals surface area contributed by atoms with Crippen molar-refractivity contribution >= 4 is 0 Å². The van der Waals surface area contributed by atoms with Crippen LogP contribution >= 0.6 is 0 Å². The Labute approximate surface area is 106 Å². The van der Waals surface area contributed by atoms with Crippen molar-refractivity contribution in [3.8, 4) is 11.3 Å². The van der Waals surface area contributed by atoms with Gasteiger partial charge in [0.05, 0.1) is 23.8 Å². The highest BCUT2D eigenvalue weighted by atomic mass is 15.1. The van der Waals surface area contributed by atoms with Crippen LogP contribution in [0.4, 0.5) is 0 Å². The minimum atomic E-state index is 0.702. The average Bonchev–Trinajstić information content (AvgIpc) is 2.95.